The van der Waals surface area contributed by atoms with Crippen molar-refractivity contribution in [2.45, 2.75) is 39.3 Å². The molecule has 1 aliphatic rings. The first-order valence-corrected chi connectivity index (χ1v) is 13.4. The van der Waals surface area contributed by atoms with Crippen LogP contribution in [0.5, 0.6) is 0 Å². The van der Waals surface area contributed by atoms with Crippen LogP contribution in [0.25, 0.3) is 0 Å². The molecule has 1 fully saturated rings. The Balaban J connectivity index is 0.00000158. The van der Waals surface area contributed by atoms with E-state index in [2.05, 4.69) is 36.1 Å². The largest absolute Gasteiger partial charge is 0.288 e. The average molecular weight is 505 g/mol. The molecule has 3 aromatic rings. The van der Waals surface area contributed by atoms with Gasteiger partial charge in [0.1, 0.15) is 22.6 Å². The first-order chi connectivity index (χ1) is 16.4. The van der Waals surface area contributed by atoms with Crippen molar-refractivity contribution in [3.8, 4) is 0 Å². The van der Waals surface area contributed by atoms with Gasteiger partial charge in [0.25, 0.3) is 0 Å². The Morgan fingerprint density at radius 1 is 0.971 bits per heavy atom. The van der Waals surface area contributed by atoms with Crippen molar-refractivity contribution in [2.75, 3.05) is 23.7 Å². The van der Waals surface area contributed by atoms with Gasteiger partial charge in [-0.2, -0.15) is 0 Å². The molecule has 182 valence electrons. The van der Waals surface area contributed by atoms with E-state index in [9.17, 15) is 13.0 Å². The molecule has 4 rings (SSSR count). The number of anilines is 1. The van der Waals surface area contributed by atoms with Crippen molar-refractivity contribution in [1.82, 2.24) is 4.90 Å². The predicted octanol–water partition coefficient (Wildman–Crippen LogP) is 6.78. The molecule has 1 aliphatic heterocycles. The van der Waals surface area contributed by atoms with Crippen LogP contribution in [-0.2, 0) is 17.4 Å². The maximum absolute atomic E-state index is 13.8. The number of halogens is 3. The molecule has 3 aromatic carbocycles. The first-order valence-electron chi connectivity index (χ1n) is 11.5. The second-order valence-electron chi connectivity index (χ2n) is 8.03. The average Bonchev–Trinajstić information content (AvgIpc) is 2.79. The summed E-state index contributed by atoms with van der Waals surface area (Å²) in [7, 11) is -1.42. The molecule has 1 saturated heterocycles. The summed E-state index contributed by atoms with van der Waals surface area (Å²) in [5.74, 6) is -1.36. The molecule has 1 heterocycles. The summed E-state index contributed by atoms with van der Waals surface area (Å²) in [5, 5.41) is 0.677. The molecule has 0 aromatic heterocycles. The maximum atomic E-state index is 13.8. The van der Waals surface area contributed by atoms with Gasteiger partial charge in [0.05, 0.1) is 17.8 Å². The second-order valence-corrected chi connectivity index (χ2v) is 9.71. The van der Waals surface area contributed by atoms with E-state index < -0.39 is 22.6 Å². The van der Waals surface area contributed by atoms with Gasteiger partial charge in [-0.15, -0.1) is 0 Å². The Kier molecular flexibility index (Phi) is 9.23. The molecule has 7 heteroatoms. The molecule has 0 N–H and O–H groups in total. The molecule has 0 spiro atoms. The van der Waals surface area contributed by atoms with Crippen LogP contribution in [0, 0.1) is 11.6 Å². The molecule has 34 heavy (non-hydrogen) atoms. The quantitative estimate of drug-likeness (QED) is 0.354. The highest BCUT2D eigenvalue weighted by molar-refractivity contribution is 7.85. The zero-order valence-electron chi connectivity index (χ0n) is 20.0. The third kappa shape index (κ3) is 6.04. The van der Waals surface area contributed by atoms with Crippen molar-refractivity contribution in [3.63, 3.8) is 0 Å². The van der Waals surface area contributed by atoms with E-state index in [4.69, 9.17) is 11.6 Å². The molecule has 3 nitrogen and oxygen atoms in total. The Bertz CT molecular complexity index is 1080. The second kappa shape index (κ2) is 11.9. The minimum absolute atomic E-state index is 0.00538. The fourth-order valence-corrected chi connectivity index (χ4v) is 5.36. The maximum Gasteiger partial charge on any atom is 0.128 e. The number of likely N-dealkylation sites (tertiary alicyclic amines) is 1. The highest BCUT2D eigenvalue weighted by Gasteiger charge is 2.39. The van der Waals surface area contributed by atoms with Crippen molar-refractivity contribution < 1.29 is 13.0 Å². The third-order valence-electron chi connectivity index (χ3n) is 5.86. The van der Waals surface area contributed by atoms with Crippen molar-refractivity contribution in [2.24, 2.45) is 0 Å². The van der Waals surface area contributed by atoms with Crippen molar-refractivity contribution in [1.29, 1.82) is 0 Å². The normalized spacial score (nSPS) is 15.6. The zero-order valence-corrected chi connectivity index (χ0v) is 21.5. The highest BCUT2D eigenvalue weighted by Crippen LogP contribution is 2.36. The van der Waals surface area contributed by atoms with Crippen molar-refractivity contribution >= 4 is 28.3 Å². The lowest BCUT2D eigenvalue weighted by Gasteiger charge is -2.48. The van der Waals surface area contributed by atoms with Gasteiger partial charge in [0.2, 0.25) is 0 Å². The fraction of sp³-hybridized carbons (Fsp3) is 0.333. The lowest BCUT2D eigenvalue weighted by molar-refractivity contribution is 0.116. The van der Waals surface area contributed by atoms with Gasteiger partial charge >= 0.3 is 0 Å². The molecular formula is C27H31ClF2N2OS. The molecule has 2 unspecified atom stereocenters. The van der Waals surface area contributed by atoms with Gasteiger partial charge in [-0.05, 0) is 47.4 Å². The minimum Gasteiger partial charge on any atom is -0.288 e. The SMILES string of the molecule is CC.CCc1ccc(C(c2ccc(Cl)cc2)N2CC(N(c3cc(F)cc(F)c3)S(C)=O)C2)cc1. The van der Waals surface area contributed by atoms with Gasteiger partial charge in [0, 0.05) is 30.4 Å². The zero-order chi connectivity index (χ0) is 24.8. The molecule has 0 saturated carbocycles. The smallest absolute Gasteiger partial charge is 0.128 e. The summed E-state index contributed by atoms with van der Waals surface area (Å²) in [6, 6.07) is 19.5. The molecule has 0 aliphatic carbocycles. The van der Waals surface area contributed by atoms with Crippen LogP contribution in [0.4, 0.5) is 14.5 Å². The van der Waals surface area contributed by atoms with Crippen LogP contribution in [0.1, 0.15) is 43.5 Å². The van der Waals surface area contributed by atoms with Gasteiger partial charge in [-0.25, -0.2) is 13.0 Å². The van der Waals surface area contributed by atoms with Crippen LogP contribution < -0.4 is 4.31 Å². The topological polar surface area (TPSA) is 23.6 Å². The summed E-state index contributed by atoms with van der Waals surface area (Å²) >= 11 is 6.11. The Morgan fingerprint density at radius 2 is 1.47 bits per heavy atom. The van der Waals surface area contributed by atoms with Gasteiger partial charge in [-0.1, -0.05) is 68.8 Å². The van der Waals surface area contributed by atoms with E-state index in [0.29, 0.717) is 23.8 Å². The number of hydrogen-bond acceptors (Lipinski definition) is 2. The summed E-state index contributed by atoms with van der Waals surface area (Å²) in [4.78, 5) is 2.28. The van der Waals surface area contributed by atoms with Crippen LogP contribution >= 0.6 is 11.6 Å². The number of nitrogens with zero attached hydrogens (tertiary/aromatic N) is 2. The molecular weight excluding hydrogens is 474 g/mol. The summed E-state index contributed by atoms with van der Waals surface area (Å²) in [5.41, 5.74) is 3.83. The fourth-order valence-electron chi connectivity index (χ4n) is 4.28. The number of rotatable bonds is 7. The molecule has 0 radical (unpaired) electrons. The van der Waals surface area contributed by atoms with E-state index >= 15 is 0 Å². The van der Waals surface area contributed by atoms with E-state index in [1.807, 2.05) is 38.1 Å². The monoisotopic (exact) mass is 504 g/mol. The molecule has 0 bridgehead atoms. The molecule has 2 atom stereocenters. The number of aryl methyl sites for hydroxylation is 1. The highest BCUT2D eigenvalue weighted by atomic mass is 35.5. The van der Waals surface area contributed by atoms with E-state index in [-0.39, 0.29) is 12.1 Å². The third-order valence-corrected chi connectivity index (χ3v) is 7.17. The minimum atomic E-state index is -1.42. The summed E-state index contributed by atoms with van der Waals surface area (Å²) in [6.45, 7) is 7.35. The van der Waals surface area contributed by atoms with E-state index in [1.165, 1.54) is 24.0 Å². The Hall–Kier alpha value is -2.28. The van der Waals surface area contributed by atoms with Crippen LogP contribution in [-0.4, -0.2) is 34.5 Å². The summed E-state index contributed by atoms with van der Waals surface area (Å²) in [6.07, 6.45) is 2.50. The number of hydrogen-bond donors (Lipinski definition) is 0. The first kappa shape index (κ1) is 26.3. The van der Waals surface area contributed by atoms with Crippen molar-refractivity contribution in [3.05, 3.63) is 100 Å². The van der Waals surface area contributed by atoms with Crippen LogP contribution in [0.2, 0.25) is 5.02 Å². The standard InChI is InChI=1S/C25H25ClF2N2OS.C2H6/c1-3-17-4-6-18(7-5-17)25(19-8-10-20(26)11-9-19)29-15-24(16-29)30(32(2)31)23-13-21(27)12-22(28)14-23;1-2/h4-14,24-25H,3,15-16H2,1-2H3;1-2H3. The Morgan fingerprint density at radius 3 is 1.94 bits per heavy atom. The van der Waals surface area contributed by atoms with Gasteiger partial charge in [0.15, 0.2) is 0 Å². The van der Waals surface area contributed by atoms with Crippen LogP contribution in [0.3, 0.4) is 0 Å². The van der Waals surface area contributed by atoms with Crippen LogP contribution in [0.15, 0.2) is 66.7 Å². The van der Waals surface area contributed by atoms with Gasteiger partial charge < -0.3 is 0 Å². The van der Waals surface area contributed by atoms with E-state index in [1.54, 1.807) is 4.31 Å². The lowest BCUT2D eigenvalue weighted by atomic mass is 9.92. The lowest BCUT2D eigenvalue weighted by Crippen LogP contribution is -2.60. The summed E-state index contributed by atoms with van der Waals surface area (Å²) < 4.78 is 41.7. The van der Waals surface area contributed by atoms with E-state index in [0.717, 1.165) is 23.6 Å². The molecule has 0 amide bonds. The number of benzene rings is 3. The Labute approximate surface area is 208 Å². The predicted molar refractivity (Wildman–Crippen MR) is 139 cm³/mol. The van der Waals surface area contributed by atoms with Gasteiger partial charge in [-0.3, -0.25) is 9.21 Å².